The van der Waals surface area contributed by atoms with Crippen LogP contribution in [0.5, 0.6) is 0 Å². The van der Waals surface area contributed by atoms with E-state index in [0.717, 1.165) is 16.7 Å². The Bertz CT molecular complexity index is 927. The molecule has 5 nitrogen and oxygen atoms in total. The van der Waals surface area contributed by atoms with Gasteiger partial charge in [0.05, 0.1) is 23.2 Å². The number of aromatic amines is 1. The minimum atomic E-state index is 0.119. The number of aliphatic hydroxyl groups excluding tert-OH is 1. The summed E-state index contributed by atoms with van der Waals surface area (Å²) in [6.07, 6.45) is 0. The normalized spacial score (nSPS) is 15.0. The number of H-pyrrole nitrogens is 1. The van der Waals surface area contributed by atoms with Gasteiger partial charge in [-0.3, -0.25) is 5.41 Å². The van der Waals surface area contributed by atoms with Crippen LogP contribution in [0.1, 0.15) is 5.82 Å². The number of anilines is 1. The van der Waals surface area contributed by atoms with E-state index in [4.69, 9.17) is 17.0 Å². The number of nitrogens with zero attached hydrogens (tertiary/aromatic N) is 2. The predicted molar refractivity (Wildman–Crippen MR) is 92.2 cm³/mol. The molecule has 0 saturated heterocycles. The van der Waals surface area contributed by atoms with Gasteiger partial charge in [-0.1, -0.05) is 29.8 Å². The number of nitrogens with one attached hydrogen (secondary N) is 2. The summed E-state index contributed by atoms with van der Waals surface area (Å²) >= 11 is 6.02. The van der Waals surface area contributed by atoms with Crippen LogP contribution in [0.15, 0.2) is 54.3 Å². The highest BCUT2D eigenvalue weighted by Gasteiger charge is 2.31. The smallest absolute Gasteiger partial charge is 0.145 e. The number of halogens is 1. The van der Waals surface area contributed by atoms with Crippen LogP contribution in [0.25, 0.3) is 16.6 Å². The molecule has 1 aromatic heterocycles. The summed E-state index contributed by atoms with van der Waals surface area (Å²) in [5.41, 5.74) is 2.86. The van der Waals surface area contributed by atoms with Crippen LogP contribution in [0.4, 0.5) is 5.69 Å². The lowest BCUT2D eigenvalue weighted by Crippen LogP contribution is -2.26. The van der Waals surface area contributed by atoms with Gasteiger partial charge in [-0.05, 0) is 30.3 Å². The van der Waals surface area contributed by atoms with Crippen molar-refractivity contribution < 1.29 is 5.11 Å². The molecule has 2 heterocycles. The van der Waals surface area contributed by atoms with Crippen molar-refractivity contribution in [2.75, 3.05) is 11.4 Å². The maximum absolute atomic E-state index is 10.3. The van der Waals surface area contributed by atoms with Crippen molar-refractivity contribution in [3.8, 4) is 0 Å². The molecule has 23 heavy (non-hydrogen) atoms. The van der Waals surface area contributed by atoms with Crippen LogP contribution in [0.2, 0.25) is 5.02 Å². The highest BCUT2D eigenvalue weighted by Crippen LogP contribution is 2.31. The largest absolute Gasteiger partial charge is 0.509 e. The number of aliphatic hydroxyl groups is 1. The molecule has 3 aromatic rings. The molecule has 0 fully saturated rings. The van der Waals surface area contributed by atoms with E-state index in [9.17, 15) is 5.11 Å². The second kappa shape index (κ2) is 5.14. The highest BCUT2D eigenvalue weighted by molar-refractivity contribution is 6.32. The second-order valence-corrected chi connectivity index (χ2v) is 5.78. The van der Waals surface area contributed by atoms with E-state index in [1.165, 1.54) is 0 Å². The molecule has 0 spiro atoms. The zero-order valence-electron chi connectivity index (χ0n) is 12.0. The number of imidazole rings is 1. The zero-order chi connectivity index (χ0) is 16.0. The minimum absolute atomic E-state index is 0.119. The Labute approximate surface area is 137 Å². The number of para-hydroxylation sites is 2. The molecule has 6 heteroatoms. The van der Waals surface area contributed by atoms with Crippen molar-refractivity contribution in [3.63, 3.8) is 0 Å². The standard InChI is InChI=1S/C17H13ClN4O/c18-10-4-3-5-11(8-10)22-9-14(23)15(16(22)19)17-20-12-6-1-2-7-13(12)21-17/h1-8,19,23H,9H2,(H,20,21). The Kier molecular flexibility index (Phi) is 3.09. The van der Waals surface area contributed by atoms with Gasteiger partial charge in [-0.15, -0.1) is 0 Å². The zero-order valence-corrected chi connectivity index (χ0v) is 12.8. The Morgan fingerprint density at radius 2 is 2.00 bits per heavy atom. The van der Waals surface area contributed by atoms with Crippen molar-refractivity contribution in [2.45, 2.75) is 0 Å². The van der Waals surface area contributed by atoms with Crippen LogP contribution >= 0.6 is 11.6 Å². The van der Waals surface area contributed by atoms with E-state index in [2.05, 4.69) is 9.97 Å². The number of fused-ring (bicyclic) bond motifs is 1. The number of amidine groups is 1. The highest BCUT2D eigenvalue weighted by atomic mass is 35.5. The number of rotatable bonds is 2. The van der Waals surface area contributed by atoms with Gasteiger partial charge in [-0.2, -0.15) is 0 Å². The number of hydrogen-bond donors (Lipinski definition) is 3. The summed E-state index contributed by atoms with van der Waals surface area (Å²) in [6.45, 7) is 0.228. The van der Waals surface area contributed by atoms with Crippen molar-refractivity contribution in [1.29, 1.82) is 5.41 Å². The van der Waals surface area contributed by atoms with Gasteiger partial charge in [0.1, 0.15) is 17.4 Å². The summed E-state index contributed by atoms with van der Waals surface area (Å²) in [6, 6.07) is 14.8. The first-order valence-electron chi connectivity index (χ1n) is 7.13. The van der Waals surface area contributed by atoms with Crippen LogP contribution < -0.4 is 4.90 Å². The van der Waals surface area contributed by atoms with Crippen molar-refractivity contribution in [3.05, 3.63) is 65.1 Å². The molecule has 2 aromatic carbocycles. The predicted octanol–water partition coefficient (Wildman–Crippen LogP) is 3.98. The molecule has 1 aliphatic rings. The quantitative estimate of drug-likeness (QED) is 0.667. The first-order valence-corrected chi connectivity index (χ1v) is 7.50. The number of benzene rings is 2. The molecule has 0 unspecified atom stereocenters. The molecule has 0 radical (unpaired) electrons. The topological polar surface area (TPSA) is 76.0 Å². The fourth-order valence-electron chi connectivity index (χ4n) is 2.76. The third kappa shape index (κ3) is 2.26. The fraction of sp³-hybridized carbons (Fsp3) is 0.0588. The molecule has 0 amide bonds. The summed E-state index contributed by atoms with van der Waals surface area (Å²) in [4.78, 5) is 9.33. The maximum atomic E-state index is 10.3. The van der Waals surface area contributed by atoms with Crippen LogP contribution in [-0.4, -0.2) is 27.5 Å². The third-order valence-corrected chi connectivity index (χ3v) is 4.08. The van der Waals surface area contributed by atoms with Gasteiger partial charge in [-0.25, -0.2) is 4.98 Å². The molecular weight excluding hydrogens is 312 g/mol. The van der Waals surface area contributed by atoms with Crippen LogP contribution in [0.3, 0.4) is 0 Å². The lowest BCUT2D eigenvalue weighted by molar-refractivity contribution is 0.411. The van der Waals surface area contributed by atoms with E-state index in [-0.39, 0.29) is 18.1 Å². The first kappa shape index (κ1) is 13.8. The molecule has 0 aliphatic carbocycles. The SMILES string of the molecule is N=C1C(c2nc3ccccc3[nH]2)=C(O)CN1c1cccc(Cl)c1. The van der Waals surface area contributed by atoms with Crippen LogP contribution in [0, 0.1) is 5.41 Å². The molecule has 0 saturated carbocycles. The number of aromatic nitrogens is 2. The molecule has 0 atom stereocenters. The van der Waals surface area contributed by atoms with Gasteiger partial charge >= 0.3 is 0 Å². The van der Waals surface area contributed by atoms with Gasteiger partial charge in [0, 0.05) is 10.7 Å². The second-order valence-electron chi connectivity index (χ2n) is 5.34. The van der Waals surface area contributed by atoms with E-state index in [0.29, 0.717) is 16.4 Å². The van der Waals surface area contributed by atoms with E-state index >= 15 is 0 Å². The average Bonchev–Trinajstić information content (AvgIpc) is 3.07. The molecule has 3 N–H and O–H groups in total. The Hall–Kier alpha value is -2.79. The third-order valence-electron chi connectivity index (χ3n) is 3.85. The fourth-order valence-corrected chi connectivity index (χ4v) is 2.95. The Morgan fingerprint density at radius 3 is 2.78 bits per heavy atom. The van der Waals surface area contributed by atoms with Gasteiger partial charge in [0.15, 0.2) is 0 Å². The van der Waals surface area contributed by atoms with Gasteiger partial charge in [0.2, 0.25) is 0 Å². The first-order chi connectivity index (χ1) is 11.1. The summed E-state index contributed by atoms with van der Waals surface area (Å²) in [7, 11) is 0. The van der Waals surface area contributed by atoms with Crippen molar-refractivity contribution in [2.24, 2.45) is 0 Å². The summed E-state index contributed by atoms with van der Waals surface area (Å²) in [5, 5.41) is 19.4. The van der Waals surface area contributed by atoms with E-state index in [1.807, 2.05) is 36.4 Å². The van der Waals surface area contributed by atoms with Crippen molar-refractivity contribution >= 4 is 39.7 Å². The summed E-state index contributed by atoms with van der Waals surface area (Å²) in [5.74, 6) is 0.816. The van der Waals surface area contributed by atoms with Crippen LogP contribution in [-0.2, 0) is 0 Å². The van der Waals surface area contributed by atoms with E-state index in [1.54, 1.807) is 17.0 Å². The van der Waals surface area contributed by atoms with E-state index < -0.39 is 0 Å². The molecule has 0 bridgehead atoms. The number of hydrogen-bond acceptors (Lipinski definition) is 3. The summed E-state index contributed by atoms with van der Waals surface area (Å²) < 4.78 is 0. The average molecular weight is 325 g/mol. The lowest BCUT2D eigenvalue weighted by atomic mass is 10.2. The molecular formula is C17H13ClN4O. The van der Waals surface area contributed by atoms with Gasteiger partial charge < -0.3 is 15.0 Å². The monoisotopic (exact) mass is 324 g/mol. The maximum Gasteiger partial charge on any atom is 0.145 e. The molecule has 4 rings (SSSR count). The molecule has 114 valence electrons. The Morgan fingerprint density at radius 1 is 1.17 bits per heavy atom. The minimum Gasteiger partial charge on any atom is -0.509 e. The lowest BCUT2D eigenvalue weighted by Gasteiger charge is -2.18. The molecule has 1 aliphatic heterocycles. The Balaban J connectivity index is 1.74. The van der Waals surface area contributed by atoms with Crippen molar-refractivity contribution in [1.82, 2.24) is 9.97 Å². The van der Waals surface area contributed by atoms with Gasteiger partial charge in [0.25, 0.3) is 0 Å².